The molecule has 2 heteroatoms. The molecule has 0 aromatic heterocycles. The zero-order valence-electron chi connectivity index (χ0n) is 11.6. The van der Waals surface area contributed by atoms with Gasteiger partial charge < -0.3 is 9.84 Å². The minimum atomic E-state index is -0.508. The summed E-state index contributed by atoms with van der Waals surface area (Å²) >= 11 is 0. The van der Waals surface area contributed by atoms with Gasteiger partial charge >= 0.3 is 0 Å². The first-order valence-electron chi connectivity index (χ1n) is 6.39. The fourth-order valence-electron chi connectivity index (χ4n) is 1.99. The molecular weight excluding hydrogens is 224 g/mol. The van der Waals surface area contributed by atoms with E-state index in [9.17, 15) is 5.11 Å². The summed E-state index contributed by atoms with van der Waals surface area (Å²) in [5.41, 5.74) is 1.02. The summed E-state index contributed by atoms with van der Waals surface area (Å²) in [5.74, 6) is 0. The zero-order valence-corrected chi connectivity index (χ0v) is 11.6. The number of aliphatic hydroxyl groups excluding tert-OH is 1. The van der Waals surface area contributed by atoms with Crippen molar-refractivity contribution in [2.24, 2.45) is 5.41 Å². The van der Waals surface area contributed by atoms with Crippen molar-refractivity contribution in [2.75, 3.05) is 0 Å². The van der Waals surface area contributed by atoms with E-state index in [-0.39, 0.29) is 11.5 Å². The van der Waals surface area contributed by atoms with Crippen molar-refractivity contribution in [3.8, 4) is 0 Å². The molecule has 0 bridgehead atoms. The molecular formula is C16H24O2. The predicted molar refractivity (Wildman–Crippen MR) is 75.3 cm³/mol. The summed E-state index contributed by atoms with van der Waals surface area (Å²) in [6.07, 6.45) is 1.58. The van der Waals surface area contributed by atoms with E-state index in [1.54, 1.807) is 6.08 Å². The van der Waals surface area contributed by atoms with E-state index in [0.29, 0.717) is 13.0 Å². The Kier molecular flexibility index (Phi) is 5.57. The van der Waals surface area contributed by atoms with Gasteiger partial charge in [-0.15, -0.1) is 6.58 Å². The van der Waals surface area contributed by atoms with Crippen LogP contribution in [0.2, 0.25) is 0 Å². The lowest BCUT2D eigenvalue weighted by Gasteiger charge is -2.34. The van der Waals surface area contributed by atoms with Crippen molar-refractivity contribution in [1.82, 2.24) is 0 Å². The topological polar surface area (TPSA) is 29.5 Å². The number of hydrogen-bond donors (Lipinski definition) is 1. The van der Waals surface area contributed by atoms with E-state index in [1.807, 2.05) is 30.3 Å². The molecule has 0 heterocycles. The highest BCUT2D eigenvalue weighted by atomic mass is 16.5. The fraction of sp³-hybridized carbons (Fsp3) is 0.500. The Labute approximate surface area is 110 Å². The monoisotopic (exact) mass is 248 g/mol. The van der Waals surface area contributed by atoms with Crippen LogP contribution in [0.15, 0.2) is 43.0 Å². The molecule has 18 heavy (non-hydrogen) atoms. The summed E-state index contributed by atoms with van der Waals surface area (Å²) in [6, 6.07) is 10.0. The Morgan fingerprint density at radius 3 is 2.39 bits per heavy atom. The van der Waals surface area contributed by atoms with E-state index >= 15 is 0 Å². The van der Waals surface area contributed by atoms with Gasteiger partial charge in [-0.05, 0) is 17.4 Å². The van der Waals surface area contributed by atoms with Crippen molar-refractivity contribution in [3.63, 3.8) is 0 Å². The fourth-order valence-corrected chi connectivity index (χ4v) is 1.99. The van der Waals surface area contributed by atoms with Gasteiger partial charge in [0.25, 0.3) is 0 Å². The standard InChI is InChI=1S/C16H24O2/c1-5-9-14(17)15(16(2,3)4)18-12-13-10-7-6-8-11-13/h5-8,10-11,14-15,17H,1,9,12H2,2-4H3/t14-,15+/m0/s1. The molecule has 1 N–H and O–H groups in total. The highest BCUT2D eigenvalue weighted by molar-refractivity contribution is 5.13. The number of ether oxygens (including phenoxy) is 1. The highest BCUT2D eigenvalue weighted by Gasteiger charge is 2.31. The third-order valence-electron chi connectivity index (χ3n) is 2.88. The van der Waals surface area contributed by atoms with Gasteiger partial charge in [-0.1, -0.05) is 57.2 Å². The molecule has 0 saturated heterocycles. The Balaban J connectivity index is 2.65. The molecule has 0 fully saturated rings. The second kappa shape index (κ2) is 6.72. The lowest BCUT2D eigenvalue weighted by molar-refractivity contribution is -0.0979. The van der Waals surface area contributed by atoms with Gasteiger partial charge in [-0.2, -0.15) is 0 Å². The molecule has 2 atom stereocenters. The second-order valence-corrected chi connectivity index (χ2v) is 5.67. The van der Waals surface area contributed by atoms with Gasteiger partial charge in [-0.3, -0.25) is 0 Å². The molecule has 0 saturated carbocycles. The first kappa shape index (κ1) is 14.9. The Bertz CT molecular complexity index is 351. The van der Waals surface area contributed by atoms with Crippen LogP contribution < -0.4 is 0 Å². The summed E-state index contributed by atoms with van der Waals surface area (Å²) in [4.78, 5) is 0. The van der Waals surface area contributed by atoms with Gasteiger partial charge in [0.15, 0.2) is 0 Å². The van der Waals surface area contributed by atoms with Crippen LogP contribution in [0.5, 0.6) is 0 Å². The van der Waals surface area contributed by atoms with Crippen LogP contribution in [-0.4, -0.2) is 17.3 Å². The molecule has 0 aliphatic rings. The summed E-state index contributed by atoms with van der Waals surface area (Å²) < 4.78 is 5.91. The molecule has 2 nitrogen and oxygen atoms in total. The average Bonchev–Trinajstić information content (AvgIpc) is 2.29. The third kappa shape index (κ3) is 4.63. The Morgan fingerprint density at radius 1 is 1.28 bits per heavy atom. The van der Waals surface area contributed by atoms with Crippen molar-refractivity contribution in [2.45, 2.75) is 46.0 Å². The van der Waals surface area contributed by atoms with E-state index in [2.05, 4.69) is 27.4 Å². The Hall–Kier alpha value is -1.12. The smallest absolute Gasteiger partial charge is 0.0889 e. The van der Waals surface area contributed by atoms with Gasteiger partial charge in [0, 0.05) is 0 Å². The first-order chi connectivity index (χ1) is 8.45. The molecule has 0 amide bonds. The van der Waals surface area contributed by atoms with Gasteiger partial charge in [0.2, 0.25) is 0 Å². The maximum absolute atomic E-state index is 10.1. The van der Waals surface area contributed by atoms with Crippen LogP contribution in [0.25, 0.3) is 0 Å². The van der Waals surface area contributed by atoms with Crippen molar-refractivity contribution < 1.29 is 9.84 Å². The molecule has 0 spiro atoms. The van der Waals surface area contributed by atoms with Crippen molar-refractivity contribution >= 4 is 0 Å². The molecule has 0 aliphatic heterocycles. The normalized spacial score (nSPS) is 15.1. The lowest BCUT2D eigenvalue weighted by Crippen LogP contribution is -2.39. The van der Waals surface area contributed by atoms with Crippen LogP contribution in [-0.2, 0) is 11.3 Å². The molecule has 0 aliphatic carbocycles. The number of benzene rings is 1. The van der Waals surface area contributed by atoms with Gasteiger partial charge in [0.1, 0.15) is 0 Å². The van der Waals surface area contributed by atoms with Crippen LogP contribution in [0.1, 0.15) is 32.8 Å². The number of aliphatic hydroxyl groups is 1. The average molecular weight is 248 g/mol. The largest absolute Gasteiger partial charge is 0.390 e. The summed E-state index contributed by atoms with van der Waals surface area (Å²) in [6.45, 7) is 10.4. The number of rotatable bonds is 6. The predicted octanol–water partition coefficient (Wildman–Crippen LogP) is 3.55. The lowest BCUT2D eigenvalue weighted by atomic mass is 9.84. The molecule has 0 radical (unpaired) electrons. The maximum atomic E-state index is 10.1. The van der Waals surface area contributed by atoms with E-state index < -0.39 is 6.10 Å². The molecule has 0 unspecified atom stereocenters. The van der Waals surface area contributed by atoms with Gasteiger partial charge in [0.05, 0.1) is 18.8 Å². The quantitative estimate of drug-likeness (QED) is 0.780. The molecule has 1 aromatic carbocycles. The highest BCUT2D eigenvalue weighted by Crippen LogP contribution is 2.27. The minimum absolute atomic E-state index is 0.1000. The SMILES string of the molecule is C=CC[C@H](O)[C@@H](OCc1ccccc1)C(C)(C)C. The Morgan fingerprint density at radius 2 is 1.89 bits per heavy atom. The van der Waals surface area contributed by atoms with Crippen molar-refractivity contribution in [1.29, 1.82) is 0 Å². The maximum Gasteiger partial charge on any atom is 0.0889 e. The van der Waals surface area contributed by atoms with Crippen LogP contribution in [0.4, 0.5) is 0 Å². The molecule has 1 rings (SSSR count). The number of hydrogen-bond acceptors (Lipinski definition) is 2. The second-order valence-electron chi connectivity index (χ2n) is 5.67. The zero-order chi connectivity index (χ0) is 13.6. The molecule has 1 aromatic rings. The summed E-state index contributed by atoms with van der Waals surface area (Å²) in [5, 5.41) is 10.1. The van der Waals surface area contributed by atoms with Crippen molar-refractivity contribution in [3.05, 3.63) is 48.6 Å². The van der Waals surface area contributed by atoms with Crippen LogP contribution >= 0.6 is 0 Å². The van der Waals surface area contributed by atoms with E-state index in [4.69, 9.17) is 4.74 Å². The minimum Gasteiger partial charge on any atom is -0.390 e. The van der Waals surface area contributed by atoms with Crippen LogP contribution in [0.3, 0.4) is 0 Å². The molecule has 100 valence electrons. The van der Waals surface area contributed by atoms with Gasteiger partial charge in [-0.25, -0.2) is 0 Å². The van der Waals surface area contributed by atoms with E-state index in [1.165, 1.54) is 0 Å². The van der Waals surface area contributed by atoms with Crippen LogP contribution in [0, 0.1) is 5.41 Å². The van der Waals surface area contributed by atoms with E-state index in [0.717, 1.165) is 5.56 Å². The first-order valence-corrected chi connectivity index (χ1v) is 6.39. The third-order valence-corrected chi connectivity index (χ3v) is 2.88. The summed E-state index contributed by atoms with van der Waals surface area (Å²) in [7, 11) is 0.